The molecule has 2 aromatic carbocycles. The SMILES string of the molecule is CCCCCCCCCCCCCCCCC#C[C@H](CCCCCCCCCCCCCCCCCCC)OC(=O)[C@@](C)(OC)c1cccc2ccccc12. The molecular weight excluding hydrogens is 673 g/mol. The predicted octanol–water partition coefficient (Wildman–Crippen LogP) is 16.5. The molecular formula is C52H86O3. The van der Waals surface area contributed by atoms with Gasteiger partial charge in [0, 0.05) is 19.1 Å². The van der Waals surface area contributed by atoms with E-state index in [0.29, 0.717) is 0 Å². The van der Waals surface area contributed by atoms with Crippen LogP contribution in [0, 0.1) is 11.8 Å². The number of fused-ring (bicyclic) bond motifs is 1. The highest BCUT2D eigenvalue weighted by Crippen LogP contribution is 2.33. The molecule has 2 rings (SSSR count). The zero-order valence-electron chi connectivity index (χ0n) is 36.7. The van der Waals surface area contributed by atoms with Gasteiger partial charge in [-0.25, -0.2) is 4.79 Å². The highest BCUT2D eigenvalue weighted by Gasteiger charge is 2.39. The molecule has 3 nitrogen and oxygen atoms in total. The van der Waals surface area contributed by atoms with Crippen molar-refractivity contribution in [3.05, 3.63) is 48.0 Å². The second kappa shape index (κ2) is 33.8. The van der Waals surface area contributed by atoms with Crippen LogP contribution in [0.5, 0.6) is 0 Å². The van der Waals surface area contributed by atoms with Crippen LogP contribution in [0.2, 0.25) is 0 Å². The molecule has 0 bridgehead atoms. The van der Waals surface area contributed by atoms with Crippen molar-refractivity contribution >= 4 is 16.7 Å². The third-order valence-corrected chi connectivity index (χ3v) is 11.8. The van der Waals surface area contributed by atoms with Gasteiger partial charge in [0.2, 0.25) is 0 Å². The largest absolute Gasteiger partial charge is 0.447 e. The number of carbonyl (C=O) groups excluding carboxylic acids is 1. The van der Waals surface area contributed by atoms with Crippen molar-refractivity contribution in [3.63, 3.8) is 0 Å². The second-order valence-corrected chi connectivity index (χ2v) is 16.8. The summed E-state index contributed by atoms with van der Waals surface area (Å²) in [6.07, 6.45) is 43.3. The molecule has 0 heterocycles. The lowest BCUT2D eigenvalue weighted by atomic mass is 9.90. The van der Waals surface area contributed by atoms with E-state index in [4.69, 9.17) is 9.47 Å². The molecule has 0 saturated carbocycles. The van der Waals surface area contributed by atoms with Gasteiger partial charge in [0.05, 0.1) is 0 Å². The van der Waals surface area contributed by atoms with Gasteiger partial charge < -0.3 is 9.47 Å². The van der Waals surface area contributed by atoms with Crippen molar-refractivity contribution in [2.24, 2.45) is 0 Å². The molecule has 0 amide bonds. The molecule has 0 aliphatic heterocycles. The van der Waals surface area contributed by atoms with Gasteiger partial charge in [0.25, 0.3) is 0 Å². The van der Waals surface area contributed by atoms with Crippen LogP contribution in [-0.2, 0) is 19.9 Å². The van der Waals surface area contributed by atoms with E-state index in [9.17, 15) is 4.79 Å². The summed E-state index contributed by atoms with van der Waals surface area (Å²) in [7, 11) is 1.61. The first-order valence-electron chi connectivity index (χ1n) is 23.8. The number of rotatable bonds is 36. The van der Waals surface area contributed by atoms with Crippen molar-refractivity contribution in [2.45, 2.75) is 244 Å². The molecule has 2 aromatic rings. The fourth-order valence-corrected chi connectivity index (χ4v) is 8.00. The standard InChI is InChI=1S/C52H86O3/c1-5-7-9-11-13-15-17-19-21-23-25-27-29-31-33-35-37-44-48(43-36-34-32-30-28-26-24-22-20-18-16-14-12-10-8-6-2)55-51(53)52(3,54-4)50-46-40-42-47-41-38-39-45-49(47)50/h38-42,45-46,48H,5-35,37,44H2,1-4H3/t48-,52+/m1/s1. The van der Waals surface area contributed by atoms with Crippen molar-refractivity contribution in [1.82, 2.24) is 0 Å². The highest BCUT2D eigenvalue weighted by molar-refractivity contribution is 5.92. The fraction of sp³-hybridized carbons (Fsp3) is 0.750. The molecule has 0 fully saturated rings. The van der Waals surface area contributed by atoms with Crippen molar-refractivity contribution in [2.75, 3.05) is 7.11 Å². The molecule has 0 N–H and O–H groups in total. The molecule has 55 heavy (non-hydrogen) atoms. The molecule has 312 valence electrons. The molecule has 3 heteroatoms. The topological polar surface area (TPSA) is 35.5 Å². The molecule has 2 atom stereocenters. The minimum Gasteiger partial charge on any atom is -0.447 e. The predicted molar refractivity (Wildman–Crippen MR) is 240 cm³/mol. The monoisotopic (exact) mass is 759 g/mol. The Balaban J connectivity index is 1.73. The number of hydrogen-bond donors (Lipinski definition) is 0. The number of hydrogen-bond acceptors (Lipinski definition) is 3. The zero-order chi connectivity index (χ0) is 39.5. The molecule has 0 aliphatic carbocycles. The first-order chi connectivity index (χ1) is 27.1. The maximum atomic E-state index is 13.9. The summed E-state index contributed by atoms with van der Waals surface area (Å²) in [5.41, 5.74) is -0.367. The van der Waals surface area contributed by atoms with Crippen LogP contribution < -0.4 is 0 Å². The van der Waals surface area contributed by atoms with E-state index >= 15 is 0 Å². The van der Waals surface area contributed by atoms with Crippen molar-refractivity contribution < 1.29 is 14.3 Å². The molecule has 0 aliphatic rings. The minimum absolute atomic E-state index is 0.353. The van der Waals surface area contributed by atoms with Crippen LogP contribution in [0.3, 0.4) is 0 Å². The molecule has 0 unspecified atom stereocenters. The lowest BCUT2D eigenvalue weighted by molar-refractivity contribution is -0.171. The van der Waals surface area contributed by atoms with Crippen LogP contribution in [0.1, 0.15) is 238 Å². The maximum absolute atomic E-state index is 13.9. The summed E-state index contributed by atoms with van der Waals surface area (Å²) in [4.78, 5) is 13.9. The molecule has 0 saturated heterocycles. The third-order valence-electron chi connectivity index (χ3n) is 11.8. The van der Waals surface area contributed by atoms with Crippen molar-refractivity contribution in [1.29, 1.82) is 0 Å². The Morgan fingerprint density at radius 1 is 0.545 bits per heavy atom. The van der Waals surface area contributed by atoms with E-state index in [0.717, 1.165) is 48.4 Å². The first-order valence-corrected chi connectivity index (χ1v) is 23.8. The summed E-state index contributed by atoms with van der Waals surface area (Å²) in [6.45, 7) is 6.42. The zero-order valence-corrected chi connectivity index (χ0v) is 36.7. The Morgan fingerprint density at radius 3 is 1.40 bits per heavy atom. The number of unbranched alkanes of at least 4 members (excludes halogenated alkanes) is 30. The van der Waals surface area contributed by atoms with E-state index in [2.05, 4.69) is 43.9 Å². The third kappa shape index (κ3) is 22.9. The number of benzene rings is 2. The Hall–Kier alpha value is -2.31. The Labute approximate surface area is 341 Å². The summed E-state index contributed by atoms with van der Waals surface area (Å²) in [6, 6.07) is 14.2. The van der Waals surface area contributed by atoms with Crippen LogP contribution in [0.4, 0.5) is 0 Å². The van der Waals surface area contributed by atoms with E-state index < -0.39 is 11.7 Å². The number of methoxy groups -OCH3 is 1. The van der Waals surface area contributed by atoms with E-state index in [1.54, 1.807) is 7.11 Å². The summed E-state index contributed by atoms with van der Waals surface area (Å²) < 4.78 is 12.2. The van der Waals surface area contributed by atoms with Crippen LogP contribution >= 0.6 is 0 Å². The van der Waals surface area contributed by atoms with Gasteiger partial charge in [-0.2, -0.15) is 0 Å². The molecule has 0 spiro atoms. The lowest BCUT2D eigenvalue weighted by Crippen LogP contribution is -2.38. The number of carbonyl (C=O) groups is 1. The average Bonchev–Trinajstić information content (AvgIpc) is 3.21. The Morgan fingerprint density at radius 2 is 0.945 bits per heavy atom. The molecule has 0 radical (unpaired) electrons. The molecule has 0 aromatic heterocycles. The average molecular weight is 759 g/mol. The quantitative estimate of drug-likeness (QED) is 0.0394. The van der Waals surface area contributed by atoms with Gasteiger partial charge in [0.15, 0.2) is 11.7 Å². The first kappa shape index (κ1) is 48.8. The van der Waals surface area contributed by atoms with E-state index in [1.165, 1.54) is 180 Å². The van der Waals surface area contributed by atoms with Crippen LogP contribution in [-0.4, -0.2) is 19.2 Å². The normalized spacial score (nSPS) is 13.0. The Kier molecular flexibility index (Phi) is 30.0. The van der Waals surface area contributed by atoms with Gasteiger partial charge in [-0.3, -0.25) is 0 Å². The van der Waals surface area contributed by atoms with Gasteiger partial charge in [0.1, 0.15) is 0 Å². The van der Waals surface area contributed by atoms with Gasteiger partial charge in [-0.1, -0.05) is 254 Å². The maximum Gasteiger partial charge on any atom is 0.344 e. The lowest BCUT2D eigenvalue weighted by Gasteiger charge is -2.29. The van der Waals surface area contributed by atoms with Gasteiger partial charge >= 0.3 is 5.97 Å². The van der Waals surface area contributed by atoms with Gasteiger partial charge in [-0.15, -0.1) is 0 Å². The summed E-state index contributed by atoms with van der Waals surface area (Å²) in [5.74, 6) is 6.45. The number of esters is 1. The van der Waals surface area contributed by atoms with E-state index in [1.807, 2.05) is 31.2 Å². The second-order valence-electron chi connectivity index (χ2n) is 16.8. The fourth-order valence-electron chi connectivity index (χ4n) is 8.00. The van der Waals surface area contributed by atoms with Crippen molar-refractivity contribution in [3.8, 4) is 11.8 Å². The van der Waals surface area contributed by atoms with Crippen LogP contribution in [0.25, 0.3) is 10.8 Å². The summed E-state index contributed by atoms with van der Waals surface area (Å²) in [5, 5.41) is 2.10. The minimum atomic E-state index is -1.20. The smallest absolute Gasteiger partial charge is 0.344 e. The van der Waals surface area contributed by atoms with Crippen LogP contribution in [0.15, 0.2) is 42.5 Å². The summed E-state index contributed by atoms with van der Waals surface area (Å²) >= 11 is 0. The number of ether oxygens (including phenoxy) is 2. The Bertz CT molecular complexity index is 1250. The van der Waals surface area contributed by atoms with Gasteiger partial charge in [-0.05, 0) is 37.0 Å². The van der Waals surface area contributed by atoms with E-state index in [-0.39, 0.29) is 5.97 Å². The highest BCUT2D eigenvalue weighted by atomic mass is 16.6.